The first-order valence-corrected chi connectivity index (χ1v) is 8.87. The van der Waals surface area contributed by atoms with Crippen LogP contribution in [-0.2, 0) is 0 Å². The average molecular weight is 315 g/mol. The number of hydrogen-bond acceptors (Lipinski definition) is 5. The van der Waals surface area contributed by atoms with Gasteiger partial charge in [0.2, 0.25) is 0 Å². The third kappa shape index (κ3) is 2.88. The third-order valence-corrected chi connectivity index (χ3v) is 5.76. The first-order valence-electron chi connectivity index (χ1n) is 8.06. The number of piperidine rings is 2. The van der Waals surface area contributed by atoms with Crippen LogP contribution in [0.3, 0.4) is 0 Å². The molecule has 4 rings (SSSR count). The van der Waals surface area contributed by atoms with Crippen molar-refractivity contribution < 1.29 is 4.74 Å². The predicted molar refractivity (Wildman–Crippen MR) is 88.3 cm³/mol. The van der Waals surface area contributed by atoms with Crippen LogP contribution < -0.4 is 4.74 Å². The largest absolute Gasteiger partial charge is 0.460 e. The Kier molecular flexibility index (Phi) is 3.84. The van der Waals surface area contributed by atoms with Gasteiger partial charge in [-0.2, -0.15) is 0 Å². The van der Waals surface area contributed by atoms with Gasteiger partial charge in [-0.3, -0.25) is 0 Å². The van der Waals surface area contributed by atoms with E-state index >= 15 is 0 Å². The summed E-state index contributed by atoms with van der Waals surface area (Å²) in [6, 6.07) is 4.78. The van der Waals surface area contributed by atoms with Gasteiger partial charge in [-0.1, -0.05) is 0 Å². The summed E-state index contributed by atoms with van der Waals surface area (Å²) < 4.78 is 6.09. The number of aromatic nitrogens is 2. The Morgan fingerprint density at radius 3 is 2.82 bits per heavy atom. The molecule has 116 valence electrons. The van der Waals surface area contributed by atoms with Crippen LogP contribution in [0.4, 0.5) is 0 Å². The molecule has 4 heterocycles. The standard InChI is InChI=1S/C17H21N3OS/c1-12-4-5-16(22-12)14-9-18-17(19-10-14)21-15-6-8-20-7-2-3-13(15)11-20/h4-5,9-10,13,15H,2-3,6-8,11H2,1H3/t13-,15-/m0/s1. The van der Waals surface area contributed by atoms with Crippen LogP contribution in [0, 0.1) is 12.8 Å². The normalized spacial score (nSPS) is 27.6. The lowest BCUT2D eigenvalue weighted by molar-refractivity contribution is 0.0103. The Balaban J connectivity index is 1.45. The molecule has 0 saturated carbocycles. The summed E-state index contributed by atoms with van der Waals surface area (Å²) in [5.74, 6) is 0.644. The minimum atomic E-state index is 0.284. The number of ether oxygens (including phenoxy) is 1. The van der Waals surface area contributed by atoms with Gasteiger partial charge in [-0.05, 0) is 44.9 Å². The summed E-state index contributed by atoms with van der Waals surface area (Å²) in [4.78, 5) is 13.9. The van der Waals surface area contributed by atoms with E-state index in [9.17, 15) is 0 Å². The van der Waals surface area contributed by atoms with Crippen molar-refractivity contribution in [3.05, 3.63) is 29.4 Å². The fourth-order valence-corrected chi connectivity index (χ4v) is 4.37. The van der Waals surface area contributed by atoms with E-state index in [1.807, 2.05) is 12.4 Å². The second-order valence-electron chi connectivity index (χ2n) is 6.31. The molecular formula is C17H21N3OS. The lowest BCUT2D eigenvalue weighted by Crippen LogP contribution is -2.49. The molecule has 0 aromatic carbocycles. The molecule has 2 fully saturated rings. The summed E-state index contributed by atoms with van der Waals surface area (Å²) in [6.07, 6.45) is 7.70. The highest BCUT2D eigenvalue weighted by molar-refractivity contribution is 7.15. The lowest BCUT2D eigenvalue weighted by atomic mass is 9.87. The summed E-state index contributed by atoms with van der Waals surface area (Å²) in [7, 11) is 0. The topological polar surface area (TPSA) is 38.2 Å². The Morgan fingerprint density at radius 2 is 2.05 bits per heavy atom. The maximum absolute atomic E-state index is 6.09. The summed E-state index contributed by atoms with van der Waals surface area (Å²) >= 11 is 1.77. The van der Waals surface area contributed by atoms with E-state index in [1.165, 1.54) is 35.7 Å². The Hall–Kier alpha value is -1.46. The molecule has 0 aliphatic carbocycles. The van der Waals surface area contributed by atoms with Crippen molar-refractivity contribution >= 4 is 11.3 Å². The Morgan fingerprint density at radius 1 is 1.18 bits per heavy atom. The molecule has 22 heavy (non-hydrogen) atoms. The van der Waals surface area contributed by atoms with E-state index in [0.29, 0.717) is 11.9 Å². The SMILES string of the molecule is Cc1ccc(-c2cnc(O[C@H]3CCN4CCC[C@H]3C4)nc2)s1. The maximum atomic E-state index is 6.09. The van der Waals surface area contributed by atoms with Crippen LogP contribution >= 0.6 is 11.3 Å². The zero-order chi connectivity index (χ0) is 14.9. The van der Waals surface area contributed by atoms with Crippen molar-refractivity contribution in [1.82, 2.24) is 14.9 Å². The van der Waals surface area contributed by atoms with Crippen LogP contribution in [0.2, 0.25) is 0 Å². The molecule has 3 atom stereocenters. The molecule has 2 aromatic heterocycles. The number of nitrogens with zero attached hydrogens (tertiary/aromatic N) is 3. The average Bonchev–Trinajstić information content (AvgIpc) is 2.98. The van der Waals surface area contributed by atoms with Gasteiger partial charge in [0.15, 0.2) is 0 Å². The van der Waals surface area contributed by atoms with E-state index < -0.39 is 0 Å². The molecule has 1 unspecified atom stereocenters. The number of thiophene rings is 1. The van der Waals surface area contributed by atoms with E-state index in [1.54, 1.807) is 11.3 Å². The quantitative estimate of drug-likeness (QED) is 0.870. The van der Waals surface area contributed by atoms with Crippen LogP contribution in [0.5, 0.6) is 6.01 Å². The van der Waals surface area contributed by atoms with Crippen LogP contribution in [0.25, 0.3) is 10.4 Å². The van der Waals surface area contributed by atoms with Gasteiger partial charge in [0.05, 0.1) is 0 Å². The van der Waals surface area contributed by atoms with Crippen molar-refractivity contribution in [3.63, 3.8) is 0 Å². The van der Waals surface area contributed by atoms with Gasteiger partial charge < -0.3 is 9.64 Å². The minimum absolute atomic E-state index is 0.284. The van der Waals surface area contributed by atoms with E-state index in [4.69, 9.17) is 4.74 Å². The molecule has 0 amide bonds. The molecule has 0 N–H and O–H groups in total. The van der Waals surface area contributed by atoms with Crippen molar-refractivity contribution in [2.75, 3.05) is 19.6 Å². The van der Waals surface area contributed by atoms with Gasteiger partial charge in [0.1, 0.15) is 6.10 Å². The highest BCUT2D eigenvalue weighted by Gasteiger charge is 2.33. The number of aryl methyl sites for hydroxylation is 1. The zero-order valence-electron chi connectivity index (χ0n) is 12.9. The number of rotatable bonds is 3. The molecule has 2 aromatic rings. The first-order chi connectivity index (χ1) is 10.8. The van der Waals surface area contributed by atoms with Crippen LogP contribution in [-0.4, -0.2) is 40.6 Å². The van der Waals surface area contributed by atoms with E-state index in [0.717, 1.165) is 18.5 Å². The number of hydrogen-bond donors (Lipinski definition) is 0. The molecule has 2 bridgehead atoms. The monoisotopic (exact) mass is 315 g/mol. The van der Waals surface area contributed by atoms with Crippen LogP contribution in [0.1, 0.15) is 24.1 Å². The molecule has 0 spiro atoms. The Labute approximate surface area is 135 Å². The third-order valence-electron chi connectivity index (χ3n) is 4.71. The molecular weight excluding hydrogens is 294 g/mol. The van der Waals surface area contributed by atoms with Crippen molar-refractivity contribution in [2.45, 2.75) is 32.3 Å². The van der Waals surface area contributed by atoms with Gasteiger partial charge in [-0.15, -0.1) is 11.3 Å². The van der Waals surface area contributed by atoms with Crippen LogP contribution in [0.15, 0.2) is 24.5 Å². The van der Waals surface area contributed by atoms with E-state index in [2.05, 4.69) is 33.9 Å². The molecule has 2 saturated heterocycles. The minimum Gasteiger partial charge on any atom is -0.460 e. The fourth-order valence-electron chi connectivity index (χ4n) is 3.53. The highest BCUT2D eigenvalue weighted by Crippen LogP contribution is 2.30. The molecule has 5 heteroatoms. The molecule has 0 radical (unpaired) electrons. The van der Waals surface area contributed by atoms with Crippen molar-refractivity contribution in [1.29, 1.82) is 0 Å². The maximum Gasteiger partial charge on any atom is 0.316 e. The zero-order valence-corrected chi connectivity index (χ0v) is 13.7. The summed E-state index contributed by atoms with van der Waals surface area (Å²) in [5.41, 5.74) is 1.07. The van der Waals surface area contributed by atoms with Gasteiger partial charge in [0, 0.05) is 46.7 Å². The van der Waals surface area contributed by atoms with E-state index in [-0.39, 0.29) is 6.10 Å². The Bertz CT molecular complexity index is 640. The van der Waals surface area contributed by atoms with Crippen molar-refractivity contribution in [2.24, 2.45) is 5.92 Å². The van der Waals surface area contributed by atoms with Crippen molar-refractivity contribution in [3.8, 4) is 16.5 Å². The molecule has 2 aliphatic heterocycles. The molecule has 2 aliphatic rings. The first kappa shape index (κ1) is 14.2. The highest BCUT2D eigenvalue weighted by atomic mass is 32.1. The van der Waals surface area contributed by atoms with Gasteiger partial charge in [-0.25, -0.2) is 9.97 Å². The predicted octanol–water partition coefficient (Wildman–Crippen LogP) is 3.38. The summed E-state index contributed by atoms with van der Waals surface area (Å²) in [6.45, 7) is 5.70. The number of fused-ring (bicyclic) bond motifs is 2. The smallest absolute Gasteiger partial charge is 0.316 e. The lowest BCUT2D eigenvalue weighted by Gasteiger charge is -2.41. The molecule has 4 nitrogen and oxygen atoms in total. The summed E-state index contributed by atoms with van der Waals surface area (Å²) in [5, 5.41) is 0. The second-order valence-corrected chi connectivity index (χ2v) is 7.60. The van der Waals surface area contributed by atoms with Gasteiger partial charge >= 0.3 is 6.01 Å². The van der Waals surface area contributed by atoms with Gasteiger partial charge in [0.25, 0.3) is 0 Å². The fraction of sp³-hybridized carbons (Fsp3) is 0.529. The second kappa shape index (κ2) is 5.97.